The van der Waals surface area contributed by atoms with Gasteiger partial charge in [-0.3, -0.25) is 4.79 Å². The number of hydrogen-bond donors (Lipinski definition) is 3. The molecule has 0 aromatic heterocycles. The first-order chi connectivity index (χ1) is 7.64. The second-order valence-corrected chi connectivity index (χ2v) is 5.77. The van der Waals surface area contributed by atoms with Gasteiger partial charge in [0.15, 0.2) is 0 Å². The molecule has 0 aromatic rings. The fourth-order valence-electron chi connectivity index (χ4n) is 2.26. The molecule has 1 amide bonds. The van der Waals surface area contributed by atoms with Gasteiger partial charge in [0.2, 0.25) is 5.91 Å². The van der Waals surface area contributed by atoms with E-state index in [1.165, 1.54) is 0 Å². The Kier molecular flexibility index (Phi) is 5.58. The third kappa shape index (κ3) is 3.37. The van der Waals surface area contributed by atoms with Gasteiger partial charge in [0.1, 0.15) is 0 Å². The largest absolute Gasteiger partial charge is 0.396 e. The number of carbonyl (C=O) groups is 1. The van der Waals surface area contributed by atoms with Crippen LogP contribution in [0.4, 0.5) is 0 Å². The molecule has 0 aliphatic heterocycles. The van der Waals surface area contributed by atoms with Crippen LogP contribution >= 0.6 is 11.8 Å². The van der Waals surface area contributed by atoms with E-state index in [9.17, 15) is 4.79 Å². The van der Waals surface area contributed by atoms with E-state index in [0.717, 1.165) is 37.9 Å². The summed E-state index contributed by atoms with van der Waals surface area (Å²) >= 11 is 1.85. The van der Waals surface area contributed by atoms with Gasteiger partial charge in [0.05, 0.1) is 5.54 Å². The van der Waals surface area contributed by atoms with Gasteiger partial charge in [0.25, 0.3) is 0 Å². The van der Waals surface area contributed by atoms with Crippen molar-refractivity contribution in [1.29, 1.82) is 0 Å². The Balaban J connectivity index is 2.48. The Morgan fingerprint density at radius 3 is 3.00 bits per heavy atom. The number of nitrogens with one attached hydrogen (secondary N) is 1. The van der Waals surface area contributed by atoms with E-state index in [1.807, 2.05) is 18.8 Å². The maximum atomic E-state index is 11.5. The van der Waals surface area contributed by atoms with Crippen molar-refractivity contribution in [3.05, 3.63) is 0 Å². The number of carbonyl (C=O) groups excluding carboxylic acids is 1. The second-order valence-electron chi connectivity index (χ2n) is 4.36. The van der Waals surface area contributed by atoms with E-state index in [2.05, 4.69) is 5.32 Å². The molecule has 0 spiro atoms. The van der Waals surface area contributed by atoms with Crippen LogP contribution in [0.25, 0.3) is 0 Å². The molecule has 1 aliphatic carbocycles. The molecule has 2 unspecified atom stereocenters. The maximum Gasteiger partial charge on any atom is 0.237 e. The molecule has 0 radical (unpaired) electrons. The van der Waals surface area contributed by atoms with E-state index >= 15 is 0 Å². The average molecular weight is 246 g/mol. The van der Waals surface area contributed by atoms with Gasteiger partial charge >= 0.3 is 0 Å². The van der Waals surface area contributed by atoms with Crippen molar-refractivity contribution in [2.75, 3.05) is 19.4 Å². The third-order valence-electron chi connectivity index (χ3n) is 3.31. The van der Waals surface area contributed by atoms with Crippen molar-refractivity contribution in [3.63, 3.8) is 0 Å². The molecule has 1 fully saturated rings. The number of primary amides is 1. The molecule has 0 saturated heterocycles. The third-order valence-corrected chi connectivity index (χ3v) is 4.71. The van der Waals surface area contributed by atoms with Crippen molar-refractivity contribution in [2.24, 2.45) is 5.73 Å². The van der Waals surface area contributed by atoms with Gasteiger partial charge in [-0.2, -0.15) is 11.8 Å². The molecule has 2 atom stereocenters. The topological polar surface area (TPSA) is 75.3 Å². The van der Waals surface area contributed by atoms with E-state index in [-0.39, 0.29) is 12.5 Å². The summed E-state index contributed by atoms with van der Waals surface area (Å²) < 4.78 is 0. The standard InChI is InChI=1S/C11H22N2O2S/c1-13-11(10(12)15)5-2-4-9(8-11)16-7-3-6-14/h9,13-14H,2-8H2,1H3,(H2,12,15). The fourth-order valence-corrected chi connectivity index (χ4v) is 3.62. The lowest BCUT2D eigenvalue weighted by Gasteiger charge is -2.38. The molecule has 16 heavy (non-hydrogen) atoms. The number of likely N-dealkylation sites (N-methyl/N-ethyl adjacent to an activating group) is 1. The number of hydrogen-bond acceptors (Lipinski definition) is 4. The highest BCUT2D eigenvalue weighted by atomic mass is 32.2. The molecule has 5 heteroatoms. The Morgan fingerprint density at radius 2 is 2.44 bits per heavy atom. The van der Waals surface area contributed by atoms with E-state index in [0.29, 0.717) is 5.25 Å². The van der Waals surface area contributed by atoms with Gasteiger partial charge in [-0.15, -0.1) is 0 Å². The zero-order valence-corrected chi connectivity index (χ0v) is 10.7. The van der Waals surface area contributed by atoms with Crippen molar-refractivity contribution >= 4 is 17.7 Å². The zero-order valence-electron chi connectivity index (χ0n) is 9.87. The predicted octanol–water partition coefficient (Wildman–Crippen LogP) is 0.488. The van der Waals surface area contributed by atoms with E-state index < -0.39 is 5.54 Å². The summed E-state index contributed by atoms with van der Waals surface area (Å²) in [7, 11) is 1.81. The lowest BCUT2D eigenvalue weighted by molar-refractivity contribution is -0.125. The van der Waals surface area contributed by atoms with Gasteiger partial charge in [-0.25, -0.2) is 0 Å². The summed E-state index contributed by atoms with van der Waals surface area (Å²) in [6.07, 6.45) is 4.67. The van der Waals surface area contributed by atoms with Crippen LogP contribution in [0.2, 0.25) is 0 Å². The smallest absolute Gasteiger partial charge is 0.237 e. The van der Waals surface area contributed by atoms with Crippen molar-refractivity contribution < 1.29 is 9.90 Å². The number of amides is 1. The monoisotopic (exact) mass is 246 g/mol. The molecular weight excluding hydrogens is 224 g/mol. The van der Waals surface area contributed by atoms with Crippen LogP contribution < -0.4 is 11.1 Å². The number of nitrogens with two attached hydrogens (primary N) is 1. The molecule has 0 bridgehead atoms. The van der Waals surface area contributed by atoms with Gasteiger partial charge in [-0.05, 0) is 44.9 Å². The first-order valence-corrected chi connectivity index (χ1v) is 6.91. The average Bonchev–Trinajstić information content (AvgIpc) is 2.29. The van der Waals surface area contributed by atoms with Crippen LogP contribution in [0.3, 0.4) is 0 Å². The number of aliphatic hydroxyl groups excluding tert-OH is 1. The fraction of sp³-hybridized carbons (Fsp3) is 0.909. The van der Waals surface area contributed by atoms with Crippen molar-refractivity contribution in [1.82, 2.24) is 5.32 Å². The molecule has 4 nitrogen and oxygen atoms in total. The zero-order chi connectivity index (χ0) is 12.0. The van der Waals surface area contributed by atoms with E-state index in [1.54, 1.807) is 0 Å². The second kappa shape index (κ2) is 6.47. The van der Waals surface area contributed by atoms with Crippen LogP contribution in [-0.2, 0) is 4.79 Å². The molecule has 1 aliphatic rings. The predicted molar refractivity (Wildman–Crippen MR) is 67.4 cm³/mol. The SMILES string of the molecule is CNC1(C(N)=O)CCCC(SCCCO)C1. The molecule has 4 N–H and O–H groups in total. The summed E-state index contributed by atoms with van der Waals surface area (Å²) in [5.74, 6) is 0.724. The molecule has 1 rings (SSSR count). The van der Waals surface area contributed by atoms with Crippen molar-refractivity contribution in [2.45, 2.75) is 42.9 Å². The summed E-state index contributed by atoms with van der Waals surface area (Å²) in [6.45, 7) is 0.243. The minimum atomic E-state index is -0.505. The molecular formula is C11H22N2O2S. The van der Waals surface area contributed by atoms with Gasteiger partial charge in [0, 0.05) is 11.9 Å². The van der Waals surface area contributed by atoms with Crippen molar-refractivity contribution in [3.8, 4) is 0 Å². The molecule has 94 valence electrons. The lowest BCUT2D eigenvalue weighted by atomic mass is 9.81. The minimum Gasteiger partial charge on any atom is -0.396 e. The summed E-state index contributed by atoms with van der Waals surface area (Å²) in [4.78, 5) is 11.5. The minimum absolute atomic E-state index is 0.234. The normalized spacial score (nSPS) is 30.2. The van der Waals surface area contributed by atoms with Crippen LogP contribution in [0.5, 0.6) is 0 Å². The number of rotatable bonds is 6. The van der Waals surface area contributed by atoms with Gasteiger partial charge < -0.3 is 16.2 Å². The highest BCUT2D eigenvalue weighted by molar-refractivity contribution is 7.99. The first-order valence-electron chi connectivity index (χ1n) is 5.86. The Morgan fingerprint density at radius 1 is 1.69 bits per heavy atom. The van der Waals surface area contributed by atoms with Crippen LogP contribution in [0.1, 0.15) is 32.1 Å². The summed E-state index contributed by atoms with van der Waals surface area (Å²) in [5, 5.41) is 12.3. The van der Waals surface area contributed by atoms with Crippen LogP contribution in [0, 0.1) is 0 Å². The van der Waals surface area contributed by atoms with Crippen LogP contribution in [-0.4, -0.2) is 41.2 Å². The number of thioether (sulfide) groups is 1. The van der Waals surface area contributed by atoms with E-state index in [4.69, 9.17) is 10.8 Å². The highest BCUT2D eigenvalue weighted by Crippen LogP contribution is 2.34. The quantitative estimate of drug-likeness (QED) is 0.596. The van der Waals surface area contributed by atoms with Gasteiger partial charge in [-0.1, -0.05) is 0 Å². The first kappa shape index (κ1) is 13.8. The number of aliphatic hydroxyl groups is 1. The molecule has 0 aromatic carbocycles. The maximum absolute atomic E-state index is 11.5. The lowest BCUT2D eigenvalue weighted by Crippen LogP contribution is -2.57. The molecule has 0 heterocycles. The summed E-state index contributed by atoms with van der Waals surface area (Å²) in [6, 6.07) is 0. The van der Waals surface area contributed by atoms with Crippen LogP contribution in [0.15, 0.2) is 0 Å². The Bertz CT molecular complexity index is 238. The highest BCUT2D eigenvalue weighted by Gasteiger charge is 2.39. The molecule has 1 saturated carbocycles. The summed E-state index contributed by atoms with van der Waals surface area (Å²) in [5.41, 5.74) is 4.97. The Hall–Kier alpha value is -0.260. The Labute approximate surface area is 101 Å².